The van der Waals surface area contributed by atoms with Gasteiger partial charge in [-0.25, -0.2) is 0 Å². The van der Waals surface area contributed by atoms with Crippen molar-refractivity contribution in [2.75, 3.05) is 7.05 Å². The first-order valence-electron chi connectivity index (χ1n) is 7.35. The van der Waals surface area contributed by atoms with Gasteiger partial charge < -0.3 is 4.90 Å². The van der Waals surface area contributed by atoms with Crippen molar-refractivity contribution < 1.29 is 9.59 Å². The lowest BCUT2D eigenvalue weighted by atomic mass is 9.96. The summed E-state index contributed by atoms with van der Waals surface area (Å²) in [7, 11) is 2.17. The monoisotopic (exact) mass is 270 g/mol. The van der Waals surface area contributed by atoms with Gasteiger partial charge in [0.05, 0.1) is 11.1 Å². The second-order valence-corrected chi connectivity index (χ2v) is 6.20. The van der Waals surface area contributed by atoms with Gasteiger partial charge in [-0.15, -0.1) is 0 Å². The van der Waals surface area contributed by atoms with E-state index in [1.54, 1.807) is 12.1 Å². The van der Waals surface area contributed by atoms with Gasteiger partial charge in [0.2, 0.25) is 0 Å². The largest absolute Gasteiger partial charge is 0.300 e. The van der Waals surface area contributed by atoms with Crippen LogP contribution in [-0.4, -0.2) is 46.8 Å². The molecule has 0 radical (unpaired) electrons. The van der Waals surface area contributed by atoms with Crippen molar-refractivity contribution in [2.45, 2.75) is 43.8 Å². The number of rotatable bonds is 1. The number of fused-ring (bicyclic) bond motifs is 3. The van der Waals surface area contributed by atoms with Crippen LogP contribution in [0.4, 0.5) is 0 Å². The topological polar surface area (TPSA) is 40.6 Å². The number of benzene rings is 1. The third-order valence-corrected chi connectivity index (χ3v) is 5.26. The fourth-order valence-electron chi connectivity index (χ4n) is 4.13. The van der Waals surface area contributed by atoms with Crippen molar-refractivity contribution in [3.8, 4) is 0 Å². The molecule has 4 heteroatoms. The van der Waals surface area contributed by atoms with Gasteiger partial charge in [-0.05, 0) is 44.9 Å². The Kier molecular flexibility index (Phi) is 2.51. The van der Waals surface area contributed by atoms with Crippen LogP contribution >= 0.6 is 0 Å². The highest BCUT2D eigenvalue weighted by Gasteiger charge is 2.46. The van der Waals surface area contributed by atoms with E-state index in [2.05, 4.69) is 11.9 Å². The summed E-state index contributed by atoms with van der Waals surface area (Å²) >= 11 is 0. The van der Waals surface area contributed by atoms with Crippen molar-refractivity contribution in [1.29, 1.82) is 0 Å². The van der Waals surface area contributed by atoms with E-state index in [1.807, 2.05) is 12.1 Å². The smallest absolute Gasteiger partial charge is 0.261 e. The van der Waals surface area contributed by atoms with Gasteiger partial charge in [0.1, 0.15) is 0 Å². The molecule has 0 spiro atoms. The molecule has 1 aromatic rings. The molecule has 20 heavy (non-hydrogen) atoms. The second-order valence-electron chi connectivity index (χ2n) is 6.20. The van der Waals surface area contributed by atoms with E-state index in [9.17, 15) is 9.59 Å². The Morgan fingerprint density at radius 1 is 0.900 bits per heavy atom. The number of carbonyl (C=O) groups excluding carboxylic acids is 2. The lowest BCUT2D eigenvalue weighted by molar-refractivity contribution is 0.0439. The Morgan fingerprint density at radius 2 is 1.40 bits per heavy atom. The first kappa shape index (κ1) is 12.1. The summed E-state index contributed by atoms with van der Waals surface area (Å²) in [4.78, 5) is 29.0. The van der Waals surface area contributed by atoms with Crippen molar-refractivity contribution in [2.24, 2.45) is 0 Å². The summed E-state index contributed by atoms with van der Waals surface area (Å²) in [6, 6.07) is 8.32. The van der Waals surface area contributed by atoms with Gasteiger partial charge in [0.15, 0.2) is 0 Å². The number of hydrogen-bond acceptors (Lipinski definition) is 3. The Bertz CT molecular complexity index is 549. The minimum Gasteiger partial charge on any atom is -0.300 e. The summed E-state index contributed by atoms with van der Waals surface area (Å²) in [5, 5.41) is 0. The maximum Gasteiger partial charge on any atom is 0.261 e. The number of imide groups is 1. The molecule has 0 N–H and O–H groups in total. The lowest BCUT2D eigenvalue weighted by Gasteiger charge is -2.39. The first-order chi connectivity index (χ1) is 9.66. The van der Waals surface area contributed by atoms with Gasteiger partial charge in [-0.2, -0.15) is 0 Å². The molecule has 2 amide bonds. The Morgan fingerprint density at radius 3 is 1.90 bits per heavy atom. The summed E-state index contributed by atoms with van der Waals surface area (Å²) in [5.74, 6) is -0.195. The maximum atomic E-state index is 12.5. The molecular formula is C16H18N2O2. The molecule has 0 aliphatic carbocycles. The SMILES string of the molecule is CN1[C@@H]2CC[C@H]1C[C@H](N1C(=O)c3ccccc3C1=O)C2. The molecule has 4 nitrogen and oxygen atoms in total. The second kappa shape index (κ2) is 4.16. The molecule has 0 aromatic heterocycles. The molecule has 1 aromatic carbocycles. The van der Waals surface area contributed by atoms with Gasteiger partial charge >= 0.3 is 0 Å². The number of hydrogen-bond donors (Lipinski definition) is 0. The van der Waals surface area contributed by atoms with E-state index >= 15 is 0 Å². The van der Waals surface area contributed by atoms with Crippen LogP contribution in [0.1, 0.15) is 46.4 Å². The first-order valence-corrected chi connectivity index (χ1v) is 7.35. The number of piperidine rings is 1. The zero-order valence-electron chi connectivity index (χ0n) is 11.6. The van der Waals surface area contributed by atoms with Crippen molar-refractivity contribution >= 4 is 11.8 Å². The van der Waals surface area contributed by atoms with Gasteiger partial charge in [-0.1, -0.05) is 12.1 Å². The maximum absolute atomic E-state index is 12.5. The third kappa shape index (κ3) is 1.51. The summed E-state index contributed by atoms with van der Waals surface area (Å²) in [6.07, 6.45) is 4.25. The molecule has 2 saturated heterocycles. The standard InChI is InChI=1S/C16H18N2O2/c1-17-10-6-7-11(17)9-12(8-10)18-15(19)13-4-2-3-5-14(13)16(18)20/h2-5,10-12H,6-9H2,1H3/t10-,11+,12-. The normalized spacial score (nSPS) is 32.9. The molecule has 2 bridgehead atoms. The molecule has 4 rings (SSSR count). The lowest BCUT2D eigenvalue weighted by Crippen LogP contribution is -2.50. The molecule has 3 atom stereocenters. The van der Waals surface area contributed by atoms with Gasteiger partial charge in [0, 0.05) is 18.1 Å². The van der Waals surface area contributed by atoms with Gasteiger partial charge in [-0.3, -0.25) is 14.5 Å². The van der Waals surface area contributed by atoms with Crippen LogP contribution < -0.4 is 0 Å². The Balaban J connectivity index is 1.65. The summed E-state index contributed by atoms with van der Waals surface area (Å²) in [5.41, 5.74) is 1.15. The predicted molar refractivity (Wildman–Crippen MR) is 74.5 cm³/mol. The van der Waals surface area contributed by atoms with Crippen molar-refractivity contribution in [1.82, 2.24) is 9.80 Å². The minimum absolute atomic E-state index is 0.0797. The molecule has 3 aliphatic rings. The predicted octanol–water partition coefficient (Wildman–Crippen LogP) is 1.91. The van der Waals surface area contributed by atoms with Crippen molar-refractivity contribution in [3.05, 3.63) is 35.4 Å². The highest BCUT2D eigenvalue weighted by atomic mass is 16.2. The van der Waals surface area contributed by atoms with Crippen LogP contribution in [0.25, 0.3) is 0 Å². The molecule has 2 fully saturated rings. The molecule has 0 unspecified atom stereocenters. The zero-order valence-corrected chi connectivity index (χ0v) is 11.6. The average Bonchev–Trinajstić information content (AvgIpc) is 2.82. The zero-order chi connectivity index (χ0) is 13.9. The Hall–Kier alpha value is -1.68. The average molecular weight is 270 g/mol. The number of carbonyl (C=O) groups is 2. The number of nitrogens with zero attached hydrogens (tertiary/aromatic N) is 2. The molecule has 3 heterocycles. The van der Waals surface area contributed by atoms with Crippen LogP contribution in [-0.2, 0) is 0 Å². The van der Waals surface area contributed by atoms with Crippen LogP contribution in [0.5, 0.6) is 0 Å². The van der Waals surface area contributed by atoms with E-state index in [4.69, 9.17) is 0 Å². The van der Waals surface area contributed by atoms with E-state index in [1.165, 1.54) is 17.7 Å². The summed E-state index contributed by atoms with van der Waals surface area (Å²) in [6.45, 7) is 0. The molecular weight excluding hydrogens is 252 g/mol. The van der Waals surface area contributed by atoms with Crippen LogP contribution in [0.15, 0.2) is 24.3 Å². The highest BCUT2D eigenvalue weighted by Crippen LogP contribution is 2.38. The fourth-order valence-corrected chi connectivity index (χ4v) is 4.13. The number of amides is 2. The Labute approximate surface area is 118 Å². The summed E-state index contributed by atoms with van der Waals surface area (Å²) < 4.78 is 0. The van der Waals surface area contributed by atoms with Crippen LogP contribution in [0, 0.1) is 0 Å². The van der Waals surface area contributed by atoms with E-state index in [0.717, 1.165) is 12.8 Å². The van der Waals surface area contributed by atoms with Crippen LogP contribution in [0.3, 0.4) is 0 Å². The highest BCUT2D eigenvalue weighted by molar-refractivity contribution is 6.21. The molecule has 0 saturated carbocycles. The van der Waals surface area contributed by atoms with E-state index in [0.29, 0.717) is 23.2 Å². The quantitative estimate of drug-likeness (QED) is 0.732. The van der Waals surface area contributed by atoms with Crippen LogP contribution in [0.2, 0.25) is 0 Å². The molecule has 104 valence electrons. The minimum atomic E-state index is -0.0976. The van der Waals surface area contributed by atoms with Gasteiger partial charge in [0.25, 0.3) is 11.8 Å². The third-order valence-electron chi connectivity index (χ3n) is 5.26. The fraction of sp³-hybridized carbons (Fsp3) is 0.500. The molecule has 3 aliphatic heterocycles. The van der Waals surface area contributed by atoms with E-state index < -0.39 is 0 Å². The van der Waals surface area contributed by atoms with Crippen molar-refractivity contribution in [3.63, 3.8) is 0 Å². The van der Waals surface area contributed by atoms with E-state index in [-0.39, 0.29) is 17.9 Å².